The number of carbonyl (C=O) groups is 2. The van der Waals surface area contributed by atoms with Crippen LogP contribution in [0, 0.1) is 0 Å². The van der Waals surface area contributed by atoms with E-state index in [2.05, 4.69) is 19.8 Å². The van der Waals surface area contributed by atoms with E-state index >= 15 is 0 Å². The van der Waals surface area contributed by atoms with Crippen molar-refractivity contribution in [1.29, 1.82) is 0 Å². The Morgan fingerprint density at radius 3 is 1.72 bits per heavy atom. The average Bonchev–Trinajstić information content (AvgIpc) is 2.51. The number of nitrogens with one attached hydrogen (secondary N) is 2. The Bertz CT molecular complexity index is 273. The van der Waals surface area contributed by atoms with Gasteiger partial charge in [-0.25, -0.2) is 0 Å². The summed E-state index contributed by atoms with van der Waals surface area (Å²) in [4.78, 5) is 20.1. The molecule has 1 amide bonds. The predicted molar refractivity (Wildman–Crippen MR) is 107 cm³/mol. The largest absolute Gasteiger partial charge is 0.400 e. The molecule has 0 heterocycles. The summed E-state index contributed by atoms with van der Waals surface area (Å²) < 4.78 is 4.94. The molecule has 2 unspecified atom stereocenters. The third kappa shape index (κ3) is 59.7. The molecule has 0 saturated carbocycles. The second kappa shape index (κ2) is 21.5. The standard InChI is InChI=1S/C7H15N2O2P.C5H12O.C4H10O.CH4O/c10-5-7(9-12)3-1-2-4-8-6-11;1-5(2,3)6-4;1-4(2,3)5;1-2/h5-7,9H,1-4,12H2,(H,8,11);1-4H3;5H,1-3H3;2H,1H3. The highest BCUT2D eigenvalue weighted by Gasteiger charge is 2.04. The van der Waals surface area contributed by atoms with Crippen LogP contribution in [0.2, 0.25) is 0 Å². The molecule has 0 bridgehead atoms. The van der Waals surface area contributed by atoms with E-state index in [1.807, 2.05) is 20.8 Å². The summed E-state index contributed by atoms with van der Waals surface area (Å²) in [6, 6.07) is -0.0776. The van der Waals surface area contributed by atoms with Crippen molar-refractivity contribution in [2.75, 3.05) is 20.8 Å². The van der Waals surface area contributed by atoms with Crippen molar-refractivity contribution in [3.63, 3.8) is 0 Å². The number of carbonyl (C=O) groups excluding carboxylic acids is 2. The minimum absolute atomic E-state index is 0.0417. The monoisotopic (exact) mass is 384 g/mol. The Balaban J connectivity index is -0.000000142. The number of aliphatic hydroxyl groups excluding tert-OH is 1. The molecule has 0 saturated heterocycles. The zero-order chi connectivity index (χ0) is 20.9. The maximum absolute atomic E-state index is 10.3. The summed E-state index contributed by atoms with van der Waals surface area (Å²) in [5.41, 5.74) is -0.458. The maximum Gasteiger partial charge on any atom is 0.207 e. The number of rotatable bonds is 8. The quantitative estimate of drug-likeness (QED) is 0.288. The normalized spacial score (nSPS) is 11.3. The lowest BCUT2D eigenvalue weighted by molar-refractivity contribution is -0.110. The van der Waals surface area contributed by atoms with Crippen molar-refractivity contribution in [3.05, 3.63) is 0 Å². The number of hydrogen-bond donors (Lipinski definition) is 4. The van der Waals surface area contributed by atoms with Gasteiger partial charge in [-0.2, -0.15) is 0 Å². The third-order valence-electron chi connectivity index (χ3n) is 2.16. The molecule has 2 atom stereocenters. The van der Waals surface area contributed by atoms with Crippen LogP contribution in [0.25, 0.3) is 0 Å². The van der Waals surface area contributed by atoms with E-state index in [0.29, 0.717) is 13.0 Å². The van der Waals surface area contributed by atoms with Gasteiger partial charge in [0.25, 0.3) is 0 Å². The Morgan fingerprint density at radius 1 is 1.08 bits per heavy atom. The van der Waals surface area contributed by atoms with Gasteiger partial charge in [0.2, 0.25) is 6.41 Å². The molecule has 0 aromatic heterocycles. The van der Waals surface area contributed by atoms with Crippen molar-refractivity contribution in [2.45, 2.75) is 78.0 Å². The van der Waals surface area contributed by atoms with Crippen LogP contribution >= 0.6 is 9.39 Å². The zero-order valence-corrected chi connectivity index (χ0v) is 18.4. The minimum atomic E-state index is -0.500. The smallest absolute Gasteiger partial charge is 0.207 e. The molecule has 0 aliphatic rings. The van der Waals surface area contributed by atoms with Crippen LogP contribution < -0.4 is 10.4 Å². The second-order valence-corrected chi connectivity index (χ2v) is 7.30. The molecule has 154 valence electrons. The van der Waals surface area contributed by atoms with Crippen LogP contribution in [-0.4, -0.2) is 60.9 Å². The van der Waals surface area contributed by atoms with Gasteiger partial charge in [0.15, 0.2) is 0 Å². The number of methoxy groups -OCH3 is 1. The molecule has 0 aliphatic heterocycles. The average molecular weight is 384 g/mol. The topological polar surface area (TPSA) is 108 Å². The third-order valence-corrected chi connectivity index (χ3v) is 2.59. The van der Waals surface area contributed by atoms with Gasteiger partial charge in [-0.05, 0) is 60.8 Å². The van der Waals surface area contributed by atoms with Gasteiger partial charge in [0.05, 0.1) is 17.2 Å². The summed E-state index contributed by atoms with van der Waals surface area (Å²) in [5, 5.41) is 20.9. The first-order valence-electron chi connectivity index (χ1n) is 8.22. The lowest BCUT2D eigenvalue weighted by Crippen LogP contribution is -2.22. The van der Waals surface area contributed by atoms with Crippen molar-refractivity contribution in [1.82, 2.24) is 10.4 Å². The molecule has 0 aromatic carbocycles. The molecule has 25 heavy (non-hydrogen) atoms. The Hall–Kier alpha value is -0.590. The number of amides is 1. The van der Waals surface area contributed by atoms with Crippen LogP contribution in [0.4, 0.5) is 0 Å². The van der Waals surface area contributed by atoms with Crippen molar-refractivity contribution >= 4 is 22.1 Å². The number of unbranched alkanes of at least 4 members (excludes halogenated alkanes) is 1. The van der Waals surface area contributed by atoms with Crippen LogP contribution in [0.3, 0.4) is 0 Å². The first-order valence-corrected chi connectivity index (χ1v) is 8.79. The molecule has 7 nitrogen and oxygen atoms in total. The van der Waals surface area contributed by atoms with Crippen molar-refractivity contribution in [2.24, 2.45) is 0 Å². The summed E-state index contributed by atoms with van der Waals surface area (Å²) in [6.07, 6.45) is 4.24. The summed E-state index contributed by atoms with van der Waals surface area (Å²) in [6.45, 7) is 12.0. The Morgan fingerprint density at radius 2 is 1.48 bits per heavy atom. The molecule has 8 heteroatoms. The van der Waals surface area contributed by atoms with Crippen molar-refractivity contribution < 1.29 is 24.5 Å². The van der Waals surface area contributed by atoms with Crippen LogP contribution in [0.5, 0.6) is 0 Å². The number of hydrogen-bond acceptors (Lipinski definition) is 6. The van der Waals surface area contributed by atoms with Gasteiger partial charge < -0.3 is 25.1 Å². The lowest BCUT2D eigenvalue weighted by atomic mass is 10.1. The summed E-state index contributed by atoms with van der Waals surface area (Å²) in [5.74, 6) is 0. The summed E-state index contributed by atoms with van der Waals surface area (Å²) >= 11 is 0. The zero-order valence-electron chi connectivity index (χ0n) is 17.3. The van der Waals surface area contributed by atoms with Crippen molar-refractivity contribution in [3.8, 4) is 0 Å². The van der Waals surface area contributed by atoms with E-state index in [4.69, 9.17) is 14.9 Å². The molecule has 0 aromatic rings. The van der Waals surface area contributed by atoms with E-state index in [-0.39, 0.29) is 11.6 Å². The van der Waals surface area contributed by atoms with E-state index < -0.39 is 5.60 Å². The maximum atomic E-state index is 10.3. The van der Waals surface area contributed by atoms with Crippen LogP contribution in [-0.2, 0) is 14.3 Å². The van der Waals surface area contributed by atoms with Gasteiger partial charge in [0, 0.05) is 20.8 Å². The summed E-state index contributed by atoms with van der Waals surface area (Å²) in [7, 11) is 5.03. The van der Waals surface area contributed by atoms with Gasteiger partial charge >= 0.3 is 0 Å². The highest BCUT2D eigenvalue weighted by molar-refractivity contribution is 7.13. The molecule has 4 N–H and O–H groups in total. The van der Waals surface area contributed by atoms with Crippen LogP contribution in [0.1, 0.15) is 60.8 Å². The number of aldehydes is 1. The van der Waals surface area contributed by atoms with Gasteiger partial charge in [-0.1, -0.05) is 9.39 Å². The molecule has 0 fully saturated rings. The molecule has 0 aliphatic carbocycles. The fraction of sp³-hybridized carbons (Fsp3) is 0.882. The van der Waals surface area contributed by atoms with E-state index in [0.717, 1.165) is 32.7 Å². The van der Waals surface area contributed by atoms with Crippen LogP contribution in [0.15, 0.2) is 0 Å². The SMILES string of the molecule is CC(C)(C)O.CO.COC(C)(C)C.O=CNCCCCC(C=O)NP. The predicted octanol–water partition coefficient (Wildman–Crippen LogP) is 1.67. The van der Waals surface area contributed by atoms with Gasteiger partial charge in [-0.15, -0.1) is 0 Å². The minimum Gasteiger partial charge on any atom is -0.400 e. The molecule has 0 radical (unpaired) electrons. The second-order valence-electron chi connectivity index (χ2n) is 6.96. The molecule has 0 rings (SSSR count). The first kappa shape index (κ1) is 32.1. The highest BCUT2D eigenvalue weighted by Crippen LogP contribution is 2.02. The Kier molecular flexibility index (Phi) is 27.6. The molecule has 0 spiro atoms. The highest BCUT2D eigenvalue weighted by atomic mass is 31.0. The Labute approximate surface area is 156 Å². The fourth-order valence-electron chi connectivity index (χ4n) is 0.841. The molecular formula is C17H41N2O5P. The lowest BCUT2D eigenvalue weighted by Gasteiger charge is -2.14. The van der Waals surface area contributed by atoms with Gasteiger partial charge in [-0.3, -0.25) is 9.88 Å². The van der Waals surface area contributed by atoms with E-state index in [1.165, 1.54) is 0 Å². The fourth-order valence-corrected chi connectivity index (χ4v) is 1.09. The number of ether oxygens (including phenoxy) is 1. The van der Waals surface area contributed by atoms with Gasteiger partial charge in [0.1, 0.15) is 6.29 Å². The molecular weight excluding hydrogens is 343 g/mol. The van der Waals surface area contributed by atoms with E-state index in [1.54, 1.807) is 27.9 Å². The first-order chi connectivity index (χ1) is 11.4. The number of aliphatic hydroxyl groups is 2. The van der Waals surface area contributed by atoms with E-state index in [9.17, 15) is 9.59 Å².